The Hall–Kier alpha value is -2.25. The zero-order chi connectivity index (χ0) is 21.6. The molecule has 2 aliphatic heterocycles. The van der Waals surface area contributed by atoms with E-state index in [2.05, 4.69) is 14.5 Å². The van der Waals surface area contributed by atoms with Crippen LogP contribution >= 0.6 is 0 Å². The highest BCUT2D eigenvalue weighted by atomic mass is 19.4. The molecule has 0 amide bonds. The van der Waals surface area contributed by atoms with Gasteiger partial charge in [0.05, 0.1) is 0 Å². The van der Waals surface area contributed by atoms with E-state index in [1.165, 1.54) is 24.3 Å². The minimum atomic E-state index is -4.75. The summed E-state index contributed by atoms with van der Waals surface area (Å²) in [5.41, 5.74) is 0.568. The molecular weight excluding hydrogens is 393 g/mol. The maximum Gasteiger partial charge on any atom is 0.573 e. The van der Waals surface area contributed by atoms with Crippen molar-refractivity contribution in [2.45, 2.75) is 31.7 Å². The third-order valence-corrected chi connectivity index (χ3v) is 6.35. The van der Waals surface area contributed by atoms with Crippen molar-refractivity contribution in [2.75, 3.05) is 38.1 Å². The van der Waals surface area contributed by atoms with Gasteiger partial charge in [-0.05, 0) is 55.3 Å². The van der Waals surface area contributed by atoms with Crippen molar-refractivity contribution in [3.05, 3.63) is 59.7 Å². The van der Waals surface area contributed by atoms with E-state index in [1.807, 2.05) is 38.2 Å². The van der Waals surface area contributed by atoms with Crippen molar-refractivity contribution in [1.29, 1.82) is 0 Å². The number of ether oxygens (including phenoxy) is 1. The van der Waals surface area contributed by atoms with E-state index in [1.54, 1.807) is 0 Å². The minimum absolute atomic E-state index is 0.296. The molecule has 4 nitrogen and oxygen atoms in total. The highest BCUT2D eigenvalue weighted by Gasteiger charge is 2.55. The molecule has 2 saturated heterocycles. The van der Waals surface area contributed by atoms with Gasteiger partial charge < -0.3 is 19.6 Å². The quantitative estimate of drug-likeness (QED) is 0.779. The van der Waals surface area contributed by atoms with Gasteiger partial charge in [-0.2, -0.15) is 0 Å². The Morgan fingerprint density at radius 1 is 0.967 bits per heavy atom. The lowest BCUT2D eigenvalue weighted by atomic mass is 9.62. The number of halogens is 3. The molecule has 0 spiro atoms. The topological polar surface area (TPSA) is 35.9 Å². The molecule has 30 heavy (non-hydrogen) atoms. The van der Waals surface area contributed by atoms with Crippen molar-refractivity contribution in [2.24, 2.45) is 5.41 Å². The summed E-state index contributed by atoms with van der Waals surface area (Å²) in [4.78, 5) is 4.43. The Labute approximate surface area is 174 Å². The van der Waals surface area contributed by atoms with E-state index in [-0.39, 0.29) is 5.75 Å². The molecule has 2 aromatic rings. The first-order valence-corrected chi connectivity index (χ1v) is 10.2. The van der Waals surface area contributed by atoms with Gasteiger partial charge >= 0.3 is 6.36 Å². The summed E-state index contributed by atoms with van der Waals surface area (Å²) >= 11 is 0. The zero-order valence-corrected chi connectivity index (χ0v) is 17.2. The fraction of sp³-hybridized carbons (Fsp3) is 0.478. The molecule has 2 aliphatic rings. The normalized spacial score (nSPS) is 21.2. The second-order valence-electron chi connectivity index (χ2n) is 8.76. The maximum absolute atomic E-state index is 12.5. The van der Waals surface area contributed by atoms with Crippen molar-refractivity contribution in [1.82, 2.24) is 4.90 Å². The van der Waals surface area contributed by atoms with Gasteiger partial charge in [0, 0.05) is 37.3 Å². The van der Waals surface area contributed by atoms with Crippen LogP contribution in [0.2, 0.25) is 0 Å². The molecule has 0 aliphatic carbocycles. The Morgan fingerprint density at radius 2 is 1.60 bits per heavy atom. The Kier molecular flexibility index (Phi) is 5.22. The molecule has 2 heterocycles. The molecule has 2 fully saturated rings. The summed E-state index contributed by atoms with van der Waals surface area (Å²) in [6, 6.07) is 13.5. The van der Waals surface area contributed by atoms with Crippen LogP contribution in [0.3, 0.4) is 0 Å². The number of aliphatic hydroxyl groups is 1. The van der Waals surface area contributed by atoms with Crippen molar-refractivity contribution >= 4 is 5.69 Å². The Morgan fingerprint density at radius 3 is 2.17 bits per heavy atom. The molecule has 0 unspecified atom stereocenters. The first-order chi connectivity index (χ1) is 14.1. The van der Waals surface area contributed by atoms with Crippen LogP contribution in [-0.4, -0.2) is 49.6 Å². The summed E-state index contributed by atoms with van der Waals surface area (Å²) < 4.78 is 41.7. The lowest BCUT2D eigenvalue weighted by Gasteiger charge is -2.56. The first kappa shape index (κ1) is 21.0. The molecule has 4 rings (SSSR count). The van der Waals surface area contributed by atoms with Crippen molar-refractivity contribution in [3.8, 4) is 5.75 Å². The van der Waals surface area contributed by atoms with Gasteiger partial charge in [-0.15, -0.1) is 13.2 Å². The standard InChI is InChI=1S/C23H27F3N2O2/c1-21(15-27(2)16-21)22(29,17-8-10-20(11-9-17)30-23(24,25)26)18-6-5-7-19(14-18)28-12-3-4-13-28/h5-11,14,29H,3-4,12-13,15-16H2,1-2H3/t22-/m0/s1. The van der Waals surface area contributed by atoms with E-state index < -0.39 is 17.4 Å². The van der Waals surface area contributed by atoms with Crippen LogP contribution in [0.15, 0.2) is 48.5 Å². The number of likely N-dealkylation sites (tertiary alicyclic amines) is 1. The summed E-state index contributed by atoms with van der Waals surface area (Å²) in [7, 11) is 1.99. The number of benzene rings is 2. The van der Waals surface area contributed by atoms with Crippen LogP contribution < -0.4 is 9.64 Å². The second-order valence-corrected chi connectivity index (χ2v) is 8.76. The fourth-order valence-electron chi connectivity index (χ4n) is 5.04. The Bertz CT molecular complexity index is 888. The SMILES string of the molecule is CN1CC(C)([C@](O)(c2ccc(OC(F)(F)F)cc2)c2cccc(N3CCCC3)c2)C1. The summed E-state index contributed by atoms with van der Waals surface area (Å²) in [5.74, 6) is -0.296. The predicted octanol–water partition coefficient (Wildman–Crippen LogP) is 4.37. The maximum atomic E-state index is 12.5. The number of hydrogen-bond donors (Lipinski definition) is 1. The second kappa shape index (κ2) is 7.46. The number of rotatable bonds is 5. The average Bonchev–Trinajstić information content (AvgIpc) is 3.20. The lowest BCUT2D eigenvalue weighted by molar-refractivity contribution is -0.274. The molecule has 0 bridgehead atoms. The smallest absolute Gasteiger partial charge is 0.406 e. The van der Waals surface area contributed by atoms with Crippen LogP contribution in [0.25, 0.3) is 0 Å². The fourth-order valence-corrected chi connectivity index (χ4v) is 5.04. The lowest BCUT2D eigenvalue weighted by Crippen LogP contribution is -2.63. The number of hydrogen-bond acceptors (Lipinski definition) is 4. The number of nitrogens with zero attached hydrogens (tertiary/aromatic N) is 2. The van der Waals surface area contributed by atoms with E-state index >= 15 is 0 Å². The van der Waals surface area contributed by atoms with Gasteiger partial charge in [0.25, 0.3) is 0 Å². The third kappa shape index (κ3) is 3.76. The summed E-state index contributed by atoms with van der Waals surface area (Å²) in [6.07, 6.45) is -2.44. The average molecular weight is 420 g/mol. The third-order valence-electron chi connectivity index (χ3n) is 6.35. The monoisotopic (exact) mass is 420 g/mol. The van der Waals surface area contributed by atoms with Gasteiger partial charge in [0.15, 0.2) is 0 Å². The van der Waals surface area contributed by atoms with E-state index in [0.717, 1.165) is 37.2 Å². The van der Waals surface area contributed by atoms with Gasteiger partial charge in [-0.25, -0.2) is 0 Å². The molecule has 162 valence electrons. The van der Waals surface area contributed by atoms with Crippen LogP contribution in [0, 0.1) is 5.41 Å². The van der Waals surface area contributed by atoms with E-state index in [4.69, 9.17) is 0 Å². The molecule has 0 saturated carbocycles. The zero-order valence-electron chi connectivity index (χ0n) is 17.2. The predicted molar refractivity (Wildman–Crippen MR) is 110 cm³/mol. The van der Waals surface area contributed by atoms with Gasteiger partial charge in [0.1, 0.15) is 11.4 Å². The van der Waals surface area contributed by atoms with Gasteiger partial charge in [-0.1, -0.05) is 31.2 Å². The summed E-state index contributed by atoms with van der Waals surface area (Å²) in [5, 5.41) is 12.1. The van der Waals surface area contributed by atoms with Crippen LogP contribution in [-0.2, 0) is 5.60 Å². The molecule has 1 atom stereocenters. The van der Waals surface area contributed by atoms with Gasteiger partial charge in [0.2, 0.25) is 0 Å². The molecule has 2 aromatic carbocycles. The molecule has 0 aromatic heterocycles. The molecule has 7 heteroatoms. The Balaban J connectivity index is 1.74. The van der Waals surface area contributed by atoms with Gasteiger partial charge in [-0.3, -0.25) is 0 Å². The van der Waals surface area contributed by atoms with E-state index in [0.29, 0.717) is 18.7 Å². The number of anilines is 1. The van der Waals surface area contributed by atoms with Crippen molar-refractivity contribution < 1.29 is 23.0 Å². The highest BCUT2D eigenvalue weighted by Crippen LogP contribution is 2.50. The van der Waals surface area contributed by atoms with E-state index in [9.17, 15) is 18.3 Å². The molecular formula is C23H27F3N2O2. The number of alkyl halides is 3. The van der Waals surface area contributed by atoms with Crippen LogP contribution in [0.5, 0.6) is 5.75 Å². The van der Waals surface area contributed by atoms with Crippen molar-refractivity contribution in [3.63, 3.8) is 0 Å². The highest BCUT2D eigenvalue weighted by molar-refractivity contribution is 5.53. The molecule has 0 radical (unpaired) electrons. The summed E-state index contributed by atoms with van der Waals surface area (Å²) in [6.45, 7) is 5.36. The van der Waals surface area contributed by atoms with Crippen LogP contribution in [0.1, 0.15) is 30.9 Å². The van der Waals surface area contributed by atoms with Crippen LogP contribution in [0.4, 0.5) is 18.9 Å². The first-order valence-electron chi connectivity index (χ1n) is 10.2. The molecule has 1 N–H and O–H groups in total. The minimum Gasteiger partial charge on any atom is -0.406 e. The largest absolute Gasteiger partial charge is 0.573 e.